The molecule has 27 heavy (non-hydrogen) atoms. The average molecular weight is 430 g/mol. The third kappa shape index (κ3) is 3.93. The first-order valence-electron chi connectivity index (χ1n) is 8.81. The molecule has 140 valence electrons. The second-order valence-electron chi connectivity index (χ2n) is 6.85. The number of methoxy groups -OCH3 is 1. The van der Waals surface area contributed by atoms with E-state index in [0.29, 0.717) is 12.5 Å². The number of rotatable bonds is 6. The highest BCUT2D eigenvalue weighted by Crippen LogP contribution is 2.41. The Labute approximate surface area is 165 Å². The summed E-state index contributed by atoms with van der Waals surface area (Å²) >= 11 is 3.59. The van der Waals surface area contributed by atoms with Gasteiger partial charge in [0.1, 0.15) is 5.75 Å². The lowest BCUT2D eigenvalue weighted by atomic mass is 10.2. The van der Waals surface area contributed by atoms with Gasteiger partial charge in [-0.2, -0.15) is 0 Å². The number of carboxylic acid groups (broad SMARTS) is 1. The van der Waals surface area contributed by atoms with Gasteiger partial charge in [-0.1, -0.05) is 12.1 Å². The largest absolute Gasteiger partial charge is 0.497 e. The summed E-state index contributed by atoms with van der Waals surface area (Å²) in [6.07, 6.45) is 5.50. The summed E-state index contributed by atoms with van der Waals surface area (Å²) in [5, 5.41) is 9.61. The second kappa shape index (κ2) is 7.23. The Bertz CT molecular complexity index is 980. The molecule has 1 N–H and O–H groups in total. The van der Waals surface area contributed by atoms with Crippen molar-refractivity contribution in [3.63, 3.8) is 0 Å². The van der Waals surface area contributed by atoms with Crippen LogP contribution in [0.4, 0.5) is 4.79 Å². The highest BCUT2D eigenvalue weighted by atomic mass is 79.9. The maximum atomic E-state index is 11.7. The monoisotopic (exact) mass is 429 g/mol. The number of hydrogen-bond donors (Lipinski definition) is 1. The Morgan fingerprint density at radius 3 is 2.67 bits per heavy atom. The highest BCUT2D eigenvalue weighted by molar-refractivity contribution is 9.10. The van der Waals surface area contributed by atoms with Crippen molar-refractivity contribution in [2.45, 2.75) is 31.8 Å². The van der Waals surface area contributed by atoms with E-state index in [2.05, 4.69) is 33.2 Å². The minimum Gasteiger partial charge on any atom is -0.497 e. The van der Waals surface area contributed by atoms with Crippen LogP contribution in [0.3, 0.4) is 0 Å². The molecule has 1 amide bonds. The first-order valence-corrected chi connectivity index (χ1v) is 9.60. The van der Waals surface area contributed by atoms with Gasteiger partial charge in [0.25, 0.3) is 0 Å². The summed E-state index contributed by atoms with van der Waals surface area (Å²) in [4.78, 5) is 17.7. The minimum absolute atomic E-state index is 0.230. The van der Waals surface area contributed by atoms with Crippen molar-refractivity contribution in [1.82, 2.24) is 14.3 Å². The van der Waals surface area contributed by atoms with E-state index in [0.717, 1.165) is 27.1 Å². The normalized spacial score (nSPS) is 13.7. The first kappa shape index (κ1) is 17.9. The van der Waals surface area contributed by atoms with E-state index in [1.807, 2.05) is 34.9 Å². The fraction of sp³-hybridized carbons (Fsp3) is 0.300. The van der Waals surface area contributed by atoms with Crippen LogP contribution in [0.2, 0.25) is 0 Å². The fourth-order valence-electron chi connectivity index (χ4n) is 3.18. The molecule has 1 aliphatic rings. The molecule has 0 radical (unpaired) electrons. The Morgan fingerprint density at radius 1 is 1.30 bits per heavy atom. The maximum Gasteiger partial charge on any atom is 0.407 e. The molecule has 3 aromatic rings. The molecule has 7 heteroatoms. The number of carbonyl (C=O) groups is 1. The number of nitrogens with zero attached hydrogens (tertiary/aromatic N) is 3. The topological polar surface area (TPSA) is 67.1 Å². The van der Waals surface area contributed by atoms with Gasteiger partial charge in [0.2, 0.25) is 0 Å². The van der Waals surface area contributed by atoms with Crippen LogP contribution in [0.5, 0.6) is 5.75 Å². The molecule has 1 aromatic carbocycles. The highest BCUT2D eigenvalue weighted by Gasteiger charge is 2.25. The van der Waals surface area contributed by atoms with E-state index in [9.17, 15) is 9.90 Å². The van der Waals surface area contributed by atoms with E-state index >= 15 is 0 Å². The molecule has 1 aliphatic carbocycles. The lowest BCUT2D eigenvalue weighted by molar-refractivity contribution is 0.138. The zero-order valence-corrected chi connectivity index (χ0v) is 16.5. The number of imidazole rings is 1. The van der Waals surface area contributed by atoms with Crippen LogP contribution in [0.15, 0.2) is 47.2 Å². The van der Waals surface area contributed by atoms with Gasteiger partial charge in [0.15, 0.2) is 5.65 Å². The van der Waals surface area contributed by atoms with E-state index < -0.39 is 6.09 Å². The van der Waals surface area contributed by atoms with Crippen molar-refractivity contribution < 1.29 is 14.6 Å². The fourth-order valence-corrected chi connectivity index (χ4v) is 3.74. The van der Waals surface area contributed by atoms with Gasteiger partial charge in [-0.15, -0.1) is 0 Å². The van der Waals surface area contributed by atoms with Crippen LogP contribution in [-0.2, 0) is 13.1 Å². The number of ether oxygens (including phenoxy) is 1. The number of halogens is 1. The zero-order valence-electron chi connectivity index (χ0n) is 14.9. The quantitative estimate of drug-likeness (QED) is 0.618. The Balaban J connectivity index is 1.55. The molecule has 2 aromatic heterocycles. The van der Waals surface area contributed by atoms with E-state index in [4.69, 9.17) is 4.74 Å². The first-order chi connectivity index (χ1) is 13.0. The van der Waals surface area contributed by atoms with Crippen LogP contribution in [-0.4, -0.2) is 32.6 Å². The Hall–Kier alpha value is -2.54. The van der Waals surface area contributed by atoms with Crippen molar-refractivity contribution in [2.75, 3.05) is 7.11 Å². The van der Waals surface area contributed by atoms with Crippen LogP contribution in [0.1, 0.15) is 35.6 Å². The summed E-state index contributed by atoms with van der Waals surface area (Å²) in [5.74, 6) is 1.39. The number of benzene rings is 1. The average Bonchev–Trinajstić information content (AvgIpc) is 3.42. The number of pyridine rings is 1. The molecule has 0 atom stereocenters. The van der Waals surface area contributed by atoms with Gasteiger partial charge in [-0.25, -0.2) is 9.78 Å². The summed E-state index contributed by atoms with van der Waals surface area (Å²) < 4.78 is 8.07. The second-order valence-corrected chi connectivity index (χ2v) is 7.70. The van der Waals surface area contributed by atoms with E-state index in [1.54, 1.807) is 7.11 Å². The summed E-state index contributed by atoms with van der Waals surface area (Å²) in [5.41, 5.74) is 3.73. The van der Waals surface area contributed by atoms with Crippen LogP contribution in [0.25, 0.3) is 5.65 Å². The SMILES string of the molecule is COc1ccc(CN(Cc2cn3cc(C4CC4)cc(Br)c3n2)C(=O)O)cc1. The molecule has 0 unspecified atom stereocenters. The lowest BCUT2D eigenvalue weighted by Gasteiger charge is -2.18. The van der Waals surface area contributed by atoms with Gasteiger partial charge in [0, 0.05) is 18.9 Å². The van der Waals surface area contributed by atoms with Crippen molar-refractivity contribution in [3.8, 4) is 5.75 Å². The van der Waals surface area contributed by atoms with Gasteiger partial charge >= 0.3 is 6.09 Å². The molecule has 2 heterocycles. The Morgan fingerprint density at radius 2 is 2.04 bits per heavy atom. The summed E-state index contributed by atoms with van der Waals surface area (Å²) in [6, 6.07) is 9.53. The number of aromatic nitrogens is 2. The number of hydrogen-bond acceptors (Lipinski definition) is 3. The smallest absolute Gasteiger partial charge is 0.407 e. The molecule has 0 spiro atoms. The molecule has 1 fully saturated rings. The van der Waals surface area contributed by atoms with Gasteiger partial charge in [-0.3, -0.25) is 4.90 Å². The van der Waals surface area contributed by atoms with Crippen LogP contribution < -0.4 is 4.74 Å². The number of amides is 1. The zero-order chi connectivity index (χ0) is 19.0. The van der Waals surface area contributed by atoms with Crippen molar-refractivity contribution in [3.05, 3.63) is 64.0 Å². The molecule has 4 rings (SSSR count). The molecule has 0 bridgehead atoms. The molecular formula is C20H20BrN3O3. The summed E-state index contributed by atoms with van der Waals surface area (Å²) in [6.45, 7) is 0.524. The van der Waals surface area contributed by atoms with Crippen molar-refractivity contribution >= 4 is 27.7 Å². The van der Waals surface area contributed by atoms with Crippen LogP contribution in [0, 0.1) is 0 Å². The lowest BCUT2D eigenvalue weighted by Crippen LogP contribution is -2.28. The summed E-state index contributed by atoms with van der Waals surface area (Å²) in [7, 11) is 1.61. The molecular weight excluding hydrogens is 410 g/mol. The molecule has 0 saturated heterocycles. The van der Waals surface area contributed by atoms with Crippen molar-refractivity contribution in [2.24, 2.45) is 0 Å². The Kier molecular flexibility index (Phi) is 4.78. The standard InChI is InChI=1S/C20H20BrN3O3/c1-27-17-6-2-13(3-7-17)9-24(20(25)26)12-16-11-23-10-15(14-4-5-14)8-18(21)19(23)22-16/h2-3,6-8,10-11,14H,4-5,9,12H2,1H3,(H,25,26). The minimum atomic E-state index is -0.972. The van der Waals surface area contributed by atoms with Crippen LogP contribution >= 0.6 is 15.9 Å². The molecule has 6 nitrogen and oxygen atoms in total. The van der Waals surface area contributed by atoms with Gasteiger partial charge < -0.3 is 14.2 Å². The number of fused-ring (bicyclic) bond motifs is 1. The molecule has 0 aliphatic heterocycles. The third-order valence-electron chi connectivity index (χ3n) is 4.78. The molecule has 1 saturated carbocycles. The van der Waals surface area contributed by atoms with E-state index in [-0.39, 0.29) is 6.54 Å². The predicted octanol–water partition coefficient (Wildman–Crippen LogP) is 4.66. The predicted molar refractivity (Wildman–Crippen MR) is 105 cm³/mol. The van der Waals surface area contributed by atoms with Gasteiger partial charge in [0.05, 0.1) is 23.8 Å². The van der Waals surface area contributed by atoms with Crippen molar-refractivity contribution in [1.29, 1.82) is 0 Å². The maximum absolute atomic E-state index is 11.7. The van der Waals surface area contributed by atoms with Gasteiger partial charge in [-0.05, 0) is 64.0 Å². The third-order valence-corrected chi connectivity index (χ3v) is 5.37. The van der Waals surface area contributed by atoms with E-state index in [1.165, 1.54) is 23.3 Å².